The van der Waals surface area contributed by atoms with Gasteiger partial charge in [0.1, 0.15) is 30.3 Å². The fraction of sp³-hybridized carbons (Fsp3) is 0.240. The van der Waals surface area contributed by atoms with Gasteiger partial charge in [0, 0.05) is 18.2 Å². The first-order chi connectivity index (χ1) is 14.4. The maximum absolute atomic E-state index is 12.2. The number of hydrogen-bond acceptors (Lipinski definition) is 4. The first kappa shape index (κ1) is 21.2. The molecule has 0 fully saturated rings. The van der Waals surface area contributed by atoms with Gasteiger partial charge in [0.05, 0.1) is 5.69 Å². The quantitative estimate of drug-likeness (QED) is 0.509. The monoisotopic (exact) mass is 405 g/mol. The average Bonchev–Trinajstić information content (AvgIpc) is 2.71. The standard InChI is InChI=1S/C25H27NO4/c1-25(2,3)30-24(27)26-21-14-22(28-17-19-10-6-4-7-11-19)16-23(15-21)29-18-20-12-8-5-9-13-20/h4-16H,17-18H2,1-3H3,(H,26,27). The summed E-state index contributed by atoms with van der Waals surface area (Å²) in [6.07, 6.45) is -0.531. The molecule has 5 heteroatoms. The molecule has 3 rings (SSSR count). The van der Waals surface area contributed by atoms with E-state index in [-0.39, 0.29) is 0 Å². The Morgan fingerprint density at radius 2 is 1.23 bits per heavy atom. The van der Waals surface area contributed by atoms with Crippen LogP contribution in [0.25, 0.3) is 0 Å². The van der Waals surface area contributed by atoms with Crippen molar-refractivity contribution in [2.75, 3.05) is 5.32 Å². The summed E-state index contributed by atoms with van der Waals surface area (Å²) in [5.41, 5.74) is 2.06. The highest BCUT2D eigenvalue weighted by Gasteiger charge is 2.17. The zero-order valence-corrected chi connectivity index (χ0v) is 17.6. The predicted molar refractivity (Wildman–Crippen MR) is 118 cm³/mol. The third kappa shape index (κ3) is 7.17. The van der Waals surface area contributed by atoms with Crippen molar-refractivity contribution < 1.29 is 19.0 Å². The van der Waals surface area contributed by atoms with E-state index in [1.165, 1.54) is 0 Å². The minimum Gasteiger partial charge on any atom is -0.489 e. The van der Waals surface area contributed by atoms with Gasteiger partial charge in [-0.25, -0.2) is 4.79 Å². The molecular weight excluding hydrogens is 378 g/mol. The van der Waals surface area contributed by atoms with Crippen molar-refractivity contribution in [2.45, 2.75) is 39.6 Å². The second-order valence-electron chi connectivity index (χ2n) is 7.87. The Kier molecular flexibility index (Phi) is 6.96. The number of carbonyl (C=O) groups excluding carboxylic acids is 1. The first-order valence-electron chi connectivity index (χ1n) is 9.86. The Bertz CT molecular complexity index is 888. The van der Waals surface area contributed by atoms with Crippen molar-refractivity contribution in [1.82, 2.24) is 0 Å². The van der Waals surface area contributed by atoms with Crippen molar-refractivity contribution in [3.63, 3.8) is 0 Å². The Hall–Kier alpha value is -3.47. The van der Waals surface area contributed by atoms with E-state index in [2.05, 4.69) is 5.32 Å². The molecule has 0 unspecified atom stereocenters. The second kappa shape index (κ2) is 9.83. The summed E-state index contributed by atoms with van der Waals surface area (Å²) in [6, 6.07) is 25.1. The van der Waals surface area contributed by atoms with Crippen LogP contribution in [0.2, 0.25) is 0 Å². The van der Waals surface area contributed by atoms with Gasteiger partial charge in [0.15, 0.2) is 0 Å². The van der Waals surface area contributed by atoms with Crippen molar-refractivity contribution in [1.29, 1.82) is 0 Å². The van der Waals surface area contributed by atoms with Crippen molar-refractivity contribution in [3.05, 3.63) is 90.0 Å². The van der Waals surface area contributed by atoms with E-state index in [1.54, 1.807) is 12.1 Å². The second-order valence-corrected chi connectivity index (χ2v) is 7.87. The minimum atomic E-state index is -0.585. The molecule has 0 radical (unpaired) electrons. The van der Waals surface area contributed by atoms with Crippen molar-refractivity contribution in [2.24, 2.45) is 0 Å². The van der Waals surface area contributed by atoms with Crippen LogP contribution in [-0.4, -0.2) is 11.7 Å². The Morgan fingerprint density at radius 1 is 0.767 bits per heavy atom. The maximum atomic E-state index is 12.2. The fourth-order valence-corrected chi connectivity index (χ4v) is 2.71. The highest BCUT2D eigenvalue weighted by atomic mass is 16.6. The molecular formula is C25H27NO4. The van der Waals surface area contributed by atoms with E-state index >= 15 is 0 Å². The smallest absolute Gasteiger partial charge is 0.412 e. The Balaban J connectivity index is 1.74. The molecule has 3 aromatic carbocycles. The lowest BCUT2D eigenvalue weighted by molar-refractivity contribution is 0.0636. The number of ether oxygens (including phenoxy) is 3. The van der Waals surface area contributed by atoms with E-state index in [0.29, 0.717) is 30.4 Å². The highest BCUT2D eigenvalue weighted by molar-refractivity contribution is 5.85. The Labute approximate surface area is 177 Å². The van der Waals surface area contributed by atoms with Crippen LogP contribution in [0.15, 0.2) is 78.9 Å². The summed E-state index contributed by atoms with van der Waals surface area (Å²) in [6.45, 7) is 6.28. The number of benzene rings is 3. The topological polar surface area (TPSA) is 56.8 Å². The van der Waals surface area contributed by atoms with Crippen LogP contribution in [0.5, 0.6) is 11.5 Å². The predicted octanol–water partition coefficient (Wildman–Crippen LogP) is 6.19. The van der Waals surface area contributed by atoms with Gasteiger partial charge >= 0.3 is 6.09 Å². The van der Waals surface area contributed by atoms with Gasteiger partial charge in [0.25, 0.3) is 0 Å². The summed E-state index contributed by atoms with van der Waals surface area (Å²) in [5.74, 6) is 1.19. The van der Waals surface area contributed by atoms with Gasteiger partial charge in [-0.2, -0.15) is 0 Å². The molecule has 0 bridgehead atoms. The lowest BCUT2D eigenvalue weighted by Gasteiger charge is -2.20. The summed E-state index contributed by atoms with van der Waals surface area (Å²) in [7, 11) is 0. The number of amides is 1. The minimum absolute atomic E-state index is 0.412. The molecule has 0 atom stereocenters. The average molecular weight is 405 g/mol. The van der Waals surface area contributed by atoms with Gasteiger partial charge in [-0.15, -0.1) is 0 Å². The van der Waals surface area contributed by atoms with Crippen LogP contribution in [0, 0.1) is 0 Å². The normalized spacial score (nSPS) is 10.9. The zero-order valence-electron chi connectivity index (χ0n) is 17.6. The molecule has 156 valence electrons. The molecule has 3 aromatic rings. The highest BCUT2D eigenvalue weighted by Crippen LogP contribution is 2.28. The third-order valence-electron chi connectivity index (χ3n) is 4.02. The van der Waals surface area contributed by atoms with Gasteiger partial charge in [-0.05, 0) is 31.9 Å². The lowest BCUT2D eigenvalue weighted by Crippen LogP contribution is -2.27. The van der Waals surface area contributed by atoms with Crippen molar-refractivity contribution in [3.8, 4) is 11.5 Å². The summed E-state index contributed by atoms with van der Waals surface area (Å²) in [4.78, 5) is 12.2. The molecule has 0 aromatic heterocycles. The fourth-order valence-electron chi connectivity index (χ4n) is 2.71. The molecule has 0 saturated carbocycles. The molecule has 0 aliphatic rings. The van der Waals surface area contributed by atoms with E-state index in [0.717, 1.165) is 11.1 Å². The third-order valence-corrected chi connectivity index (χ3v) is 4.02. The molecule has 1 N–H and O–H groups in total. The molecule has 30 heavy (non-hydrogen) atoms. The van der Waals surface area contributed by atoms with Crippen LogP contribution in [0.3, 0.4) is 0 Å². The number of carbonyl (C=O) groups is 1. The van der Waals surface area contributed by atoms with Crippen LogP contribution in [0.1, 0.15) is 31.9 Å². The van der Waals surface area contributed by atoms with E-state index in [1.807, 2.05) is 87.5 Å². The summed E-state index contributed by atoms with van der Waals surface area (Å²) >= 11 is 0. The van der Waals surface area contributed by atoms with E-state index < -0.39 is 11.7 Å². The summed E-state index contributed by atoms with van der Waals surface area (Å²) < 4.78 is 17.2. The van der Waals surface area contributed by atoms with Gasteiger partial charge < -0.3 is 14.2 Å². The molecule has 1 amide bonds. The molecule has 0 aliphatic heterocycles. The van der Waals surface area contributed by atoms with Crippen LogP contribution >= 0.6 is 0 Å². The van der Waals surface area contributed by atoms with Gasteiger partial charge in [-0.1, -0.05) is 60.7 Å². The number of hydrogen-bond donors (Lipinski definition) is 1. The van der Waals surface area contributed by atoms with Gasteiger partial charge in [0.2, 0.25) is 0 Å². The van der Waals surface area contributed by atoms with Crippen LogP contribution < -0.4 is 14.8 Å². The van der Waals surface area contributed by atoms with E-state index in [4.69, 9.17) is 14.2 Å². The van der Waals surface area contributed by atoms with Crippen LogP contribution in [0.4, 0.5) is 10.5 Å². The maximum Gasteiger partial charge on any atom is 0.412 e. The molecule has 5 nitrogen and oxygen atoms in total. The van der Waals surface area contributed by atoms with Crippen molar-refractivity contribution >= 4 is 11.8 Å². The molecule has 0 spiro atoms. The zero-order chi connectivity index (χ0) is 21.4. The molecule has 0 saturated heterocycles. The van der Waals surface area contributed by atoms with E-state index in [9.17, 15) is 4.79 Å². The SMILES string of the molecule is CC(C)(C)OC(=O)Nc1cc(OCc2ccccc2)cc(OCc2ccccc2)c1. The number of anilines is 1. The first-order valence-corrected chi connectivity index (χ1v) is 9.86. The lowest BCUT2D eigenvalue weighted by atomic mass is 10.2. The number of nitrogens with one attached hydrogen (secondary N) is 1. The molecule has 0 heterocycles. The van der Waals surface area contributed by atoms with Gasteiger partial charge in [-0.3, -0.25) is 5.32 Å². The van der Waals surface area contributed by atoms with Crippen LogP contribution in [-0.2, 0) is 18.0 Å². The summed E-state index contributed by atoms with van der Waals surface area (Å²) in [5, 5.41) is 2.75. The number of rotatable bonds is 7. The Morgan fingerprint density at radius 3 is 1.67 bits per heavy atom. The molecule has 0 aliphatic carbocycles. The largest absolute Gasteiger partial charge is 0.489 e.